The molecule has 4 aromatic rings. The van der Waals surface area contributed by atoms with Gasteiger partial charge in [-0.2, -0.15) is 0 Å². The van der Waals surface area contributed by atoms with Crippen LogP contribution in [0.25, 0.3) is 21.9 Å². The number of carbonyl (C=O) groups excluding carboxylic acids is 2. The fourth-order valence-electron chi connectivity index (χ4n) is 5.33. The summed E-state index contributed by atoms with van der Waals surface area (Å²) in [5.41, 5.74) is 0.306. The maximum absolute atomic E-state index is 12.5. The van der Waals surface area contributed by atoms with Crippen LogP contribution in [0, 0.1) is 0 Å². The van der Waals surface area contributed by atoms with E-state index in [-0.39, 0.29) is 60.8 Å². The summed E-state index contributed by atoms with van der Waals surface area (Å²) >= 11 is 0. The summed E-state index contributed by atoms with van der Waals surface area (Å²) in [6, 6.07) is 8.12. The number of fused-ring (bicyclic) bond motifs is 2. The second-order valence-electron chi connectivity index (χ2n) is 11.0. The van der Waals surface area contributed by atoms with Crippen LogP contribution < -0.4 is 20.7 Å². The highest BCUT2D eigenvalue weighted by Crippen LogP contribution is 2.29. The van der Waals surface area contributed by atoms with E-state index in [1.807, 2.05) is 9.80 Å². The first-order valence-electron chi connectivity index (χ1n) is 14.9. The van der Waals surface area contributed by atoms with Gasteiger partial charge in [-0.25, -0.2) is 9.59 Å². The Morgan fingerprint density at radius 2 is 1.26 bits per heavy atom. The Morgan fingerprint density at radius 3 is 1.72 bits per heavy atom. The summed E-state index contributed by atoms with van der Waals surface area (Å²) < 4.78 is 26.9. The number of aliphatic hydroxyl groups excluding tert-OH is 1. The number of nitrogens with zero attached hydrogens (tertiary/aromatic N) is 2. The van der Waals surface area contributed by atoms with Crippen molar-refractivity contribution in [1.82, 2.24) is 0 Å². The van der Waals surface area contributed by atoms with Crippen molar-refractivity contribution in [3.05, 3.63) is 79.1 Å². The number of morpholine rings is 2. The van der Waals surface area contributed by atoms with E-state index in [0.29, 0.717) is 64.4 Å². The van der Waals surface area contributed by atoms with E-state index < -0.39 is 18.0 Å². The number of Topliss-reactive ketones (excluding diaryl/α,β-unsaturated/α-hetero) is 1. The Morgan fingerprint density at radius 1 is 0.766 bits per heavy atom. The molecule has 248 valence electrons. The van der Waals surface area contributed by atoms with Crippen LogP contribution in [-0.2, 0) is 14.2 Å². The van der Waals surface area contributed by atoms with Gasteiger partial charge in [0, 0.05) is 43.9 Å². The largest absolute Gasteiger partial charge is 0.478 e. The second-order valence-corrected chi connectivity index (χ2v) is 11.0. The van der Waals surface area contributed by atoms with Crippen LogP contribution in [0.4, 0.5) is 11.8 Å². The van der Waals surface area contributed by atoms with Gasteiger partial charge in [0.1, 0.15) is 5.58 Å². The van der Waals surface area contributed by atoms with Gasteiger partial charge in [-0.1, -0.05) is 0 Å². The molecule has 2 saturated heterocycles. The quantitative estimate of drug-likeness (QED) is 0.229. The molecular weight excluding hydrogens is 616 g/mol. The lowest BCUT2D eigenvalue weighted by molar-refractivity contribution is 0.0600. The van der Waals surface area contributed by atoms with E-state index in [0.717, 1.165) is 0 Å². The van der Waals surface area contributed by atoms with Crippen molar-refractivity contribution >= 4 is 51.4 Å². The standard InChI is InChI=1S/C17H17NO6.C16H17NO6/c1-10(19)12-7-11(17(21)22-2)8-13-14(20)9-15(24-16(12)13)18-3-5-23-6-4-18;1-9(18)11-6-10(16(20)21)7-12-13(19)8-14(23-15(11)12)17-2-4-22-5-3-17/h7-9H,3-6H2,1-2H3;6-9,18H,2-5H2,1H3,(H,20,21). The molecule has 2 N–H and O–H groups in total. The number of esters is 1. The number of methoxy groups -OCH3 is 1. The number of rotatable bonds is 6. The van der Waals surface area contributed by atoms with Crippen LogP contribution in [0.15, 0.2) is 54.8 Å². The van der Waals surface area contributed by atoms with Crippen LogP contribution in [0.2, 0.25) is 0 Å². The third-order valence-electron chi connectivity index (χ3n) is 7.80. The number of carboxylic acids is 1. The third-order valence-corrected chi connectivity index (χ3v) is 7.80. The summed E-state index contributed by atoms with van der Waals surface area (Å²) in [4.78, 5) is 63.6. The van der Waals surface area contributed by atoms with Gasteiger partial charge in [0.2, 0.25) is 0 Å². The predicted octanol–water partition coefficient (Wildman–Crippen LogP) is 3.00. The fourth-order valence-corrected chi connectivity index (χ4v) is 5.33. The zero-order valence-electron chi connectivity index (χ0n) is 26.1. The Labute approximate surface area is 267 Å². The van der Waals surface area contributed by atoms with Gasteiger partial charge < -0.3 is 43.1 Å². The van der Waals surface area contributed by atoms with Crippen molar-refractivity contribution in [1.29, 1.82) is 0 Å². The van der Waals surface area contributed by atoms with Gasteiger partial charge in [-0.15, -0.1) is 0 Å². The van der Waals surface area contributed by atoms with Crippen LogP contribution >= 0.6 is 0 Å². The van der Waals surface area contributed by atoms with Crippen LogP contribution in [-0.4, -0.2) is 87.7 Å². The van der Waals surface area contributed by atoms with E-state index >= 15 is 0 Å². The molecule has 47 heavy (non-hydrogen) atoms. The number of ketones is 1. The highest BCUT2D eigenvalue weighted by molar-refractivity contribution is 6.08. The van der Waals surface area contributed by atoms with E-state index in [1.54, 1.807) is 0 Å². The first-order chi connectivity index (χ1) is 22.5. The Balaban J connectivity index is 0.000000185. The molecule has 14 nitrogen and oxygen atoms in total. The smallest absolute Gasteiger partial charge is 0.337 e. The fraction of sp³-hybridized carbons (Fsp3) is 0.364. The van der Waals surface area contributed by atoms with Crippen molar-refractivity contribution in [3.8, 4) is 0 Å². The maximum atomic E-state index is 12.5. The summed E-state index contributed by atoms with van der Waals surface area (Å²) in [7, 11) is 1.24. The number of aliphatic hydroxyl groups is 1. The SMILES string of the molecule is CC(O)c1cc(C(=O)O)cc2c(=O)cc(N3CCOCC3)oc12.COC(=O)c1cc(C(C)=O)c2oc(N3CCOCC3)cc(=O)c2c1. The summed E-state index contributed by atoms with van der Waals surface area (Å²) in [5, 5.41) is 19.4. The zero-order chi connectivity index (χ0) is 33.8. The first-order valence-corrected chi connectivity index (χ1v) is 14.9. The topological polar surface area (TPSA) is 186 Å². The molecule has 14 heteroatoms. The Kier molecular flexibility index (Phi) is 10.0. The van der Waals surface area contributed by atoms with Crippen molar-refractivity contribution in [3.63, 3.8) is 0 Å². The van der Waals surface area contributed by atoms with Crippen LogP contribution in [0.5, 0.6) is 0 Å². The molecule has 2 aromatic heterocycles. The minimum Gasteiger partial charge on any atom is -0.478 e. The first kappa shape index (κ1) is 33.3. The molecule has 0 radical (unpaired) electrons. The van der Waals surface area contributed by atoms with E-state index in [4.69, 9.17) is 23.4 Å². The van der Waals surface area contributed by atoms with Crippen molar-refractivity contribution in [2.24, 2.45) is 0 Å². The molecule has 2 aliphatic heterocycles. The number of anilines is 2. The highest BCUT2D eigenvalue weighted by Gasteiger charge is 2.22. The Bertz CT molecular complexity index is 1950. The predicted molar refractivity (Wildman–Crippen MR) is 170 cm³/mol. The molecule has 6 rings (SSSR count). The average molecular weight is 651 g/mol. The van der Waals surface area contributed by atoms with Gasteiger partial charge >= 0.3 is 11.9 Å². The number of benzene rings is 2. The normalized spacial score (nSPS) is 15.6. The number of hydrogen-bond donors (Lipinski definition) is 2. The average Bonchev–Trinajstić information content (AvgIpc) is 3.07. The highest BCUT2D eigenvalue weighted by atomic mass is 16.5. The molecule has 1 atom stereocenters. The van der Waals surface area contributed by atoms with E-state index in [2.05, 4.69) is 4.74 Å². The van der Waals surface area contributed by atoms with Gasteiger partial charge in [0.25, 0.3) is 0 Å². The van der Waals surface area contributed by atoms with Gasteiger partial charge in [0.05, 0.1) is 67.1 Å². The number of hydrogen-bond acceptors (Lipinski definition) is 13. The Hall–Kier alpha value is -5.05. The lowest BCUT2D eigenvalue weighted by Gasteiger charge is -2.27. The molecule has 0 bridgehead atoms. The minimum absolute atomic E-state index is 0.0557. The van der Waals surface area contributed by atoms with Crippen molar-refractivity contribution < 1.29 is 47.6 Å². The number of aromatic carboxylic acids is 1. The zero-order valence-corrected chi connectivity index (χ0v) is 26.1. The third kappa shape index (κ3) is 7.19. The lowest BCUT2D eigenvalue weighted by atomic mass is 10.0. The molecule has 2 fully saturated rings. The van der Waals surface area contributed by atoms with Crippen LogP contribution in [0.3, 0.4) is 0 Å². The monoisotopic (exact) mass is 650 g/mol. The molecular formula is C33H34N2O12. The van der Waals surface area contributed by atoms with E-state index in [9.17, 15) is 29.1 Å². The molecule has 2 aromatic carbocycles. The molecule has 0 amide bonds. The molecule has 1 unspecified atom stereocenters. The van der Waals surface area contributed by atoms with Crippen LogP contribution in [0.1, 0.15) is 56.6 Å². The lowest BCUT2D eigenvalue weighted by Crippen LogP contribution is -2.36. The van der Waals surface area contributed by atoms with E-state index in [1.165, 1.54) is 57.4 Å². The van der Waals surface area contributed by atoms with Gasteiger partial charge in [-0.3, -0.25) is 14.4 Å². The second kappa shape index (κ2) is 14.2. The number of ether oxygens (including phenoxy) is 3. The molecule has 0 aliphatic carbocycles. The molecule has 2 aliphatic rings. The summed E-state index contributed by atoms with van der Waals surface area (Å²) in [5.74, 6) is -1.28. The summed E-state index contributed by atoms with van der Waals surface area (Å²) in [6.07, 6.45) is -0.958. The maximum Gasteiger partial charge on any atom is 0.337 e. The summed E-state index contributed by atoms with van der Waals surface area (Å²) in [6.45, 7) is 7.45. The van der Waals surface area contributed by atoms with Crippen molar-refractivity contribution in [2.75, 3.05) is 69.5 Å². The van der Waals surface area contributed by atoms with Gasteiger partial charge in [0.15, 0.2) is 34.0 Å². The number of carboxylic acid groups (broad SMARTS) is 1. The van der Waals surface area contributed by atoms with Crippen molar-refractivity contribution in [2.45, 2.75) is 20.0 Å². The minimum atomic E-state index is -1.16. The molecule has 0 saturated carbocycles. The number of carbonyl (C=O) groups is 3. The van der Waals surface area contributed by atoms with Gasteiger partial charge in [-0.05, 0) is 38.1 Å². The molecule has 0 spiro atoms. The molecule has 4 heterocycles.